The molecule has 1 N–H and O–H groups in total. The van der Waals surface area contributed by atoms with Crippen LogP contribution in [0.3, 0.4) is 0 Å². The number of aliphatic imine (C=N–C) groups is 1. The monoisotopic (exact) mass is 353 g/mol. The second-order valence-corrected chi connectivity index (χ2v) is 5.15. The standard InChI is InChI=1S/C20H19NO5/c1-2-25-19(23)17(18(22)16-11-7-4-8-12-16)13-21-20(24)26-14-15-9-5-3-6-10-15/h3-13,22H,2,14H2,1H3/b18-17+,21-13+. The number of aliphatic hydroxyl groups is 1. The first kappa shape index (κ1) is 18.9. The summed E-state index contributed by atoms with van der Waals surface area (Å²) in [6, 6.07) is 17.6. The van der Waals surface area contributed by atoms with Gasteiger partial charge in [0.1, 0.15) is 17.9 Å². The van der Waals surface area contributed by atoms with Gasteiger partial charge in [-0.25, -0.2) is 9.59 Å². The zero-order valence-electron chi connectivity index (χ0n) is 14.3. The number of amides is 1. The number of rotatable bonds is 6. The fraction of sp³-hybridized carbons (Fsp3) is 0.150. The Labute approximate surface area is 151 Å². The molecule has 0 atom stereocenters. The predicted molar refractivity (Wildman–Crippen MR) is 97.7 cm³/mol. The molecular weight excluding hydrogens is 334 g/mol. The summed E-state index contributed by atoms with van der Waals surface area (Å²) in [7, 11) is 0. The molecule has 2 aromatic rings. The highest BCUT2D eigenvalue weighted by Gasteiger charge is 2.16. The first-order valence-corrected chi connectivity index (χ1v) is 8.02. The third-order valence-corrected chi connectivity index (χ3v) is 3.30. The molecule has 0 saturated carbocycles. The summed E-state index contributed by atoms with van der Waals surface area (Å²) >= 11 is 0. The Bertz CT molecular complexity index is 797. The molecule has 0 heterocycles. The van der Waals surface area contributed by atoms with Crippen molar-refractivity contribution in [2.75, 3.05) is 6.61 Å². The van der Waals surface area contributed by atoms with Crippen molar-refractivity contribution in [1.82, 2.24) is 0 Å². The van der Waals surface area contributed by atoms with Crippen LogP contribution in [0.15, 0.2) is 71.2 Å². The fourth-order valence-electron chi connectivity index (χ4n) is 2.04. The average Bonchev–Trinajstić information content (AvgIpc) is 2.68. The smallest absolute Gasteiger partial charge is 0.433 e. The number of esters is 1. The average molecular weight is 353 g/mol. The van der Waals surface area contributed by atoms with Crippen LogP contribution in [0, 0.1) is 0 Å². The van der Waals surface area contributed by atoms with Gasteiger partial charge in [0.2, 0.25) is 0 Å². The van der Waals surface area contributed by atoms with E-state index in [0.717, 1.165) is 11.8 Å². The Morgan fingerprint density at radius 1 is 1.00 bits per heavy atom. The molecule has 134 valence electrons. The molecule has 2 rings (SSSR count). The lowest BCUT2D eigenvalue weighted by molar-refractivity contribution is -0.137. The molecule has 6 nitrogen and oxygen atoms in total. The van der Waals surface area contributed by atoms with Crippen molar-refractivity contribution in [3.05, 3.63) is 77.4 Å². The van der Waals surface area contributed by atoms with E-state index in [1.165, 1.54) is 0 Å². The van der Waals surface area contributed by atoms with Crippen LogP contribution < -0.4 is 0 Å². The molecule has 0 aliphatic carbocycles. The van der Waals surface area contributed by atoms with Crippen molar-refractivity contribution in [2.24, 2.45) is 4.99 Å². The number of hydrogen-bond acceptors (Lipinski definition) is 5. The van der Waals surface area contributed by atoms with E-state index in [1.54, 1.807) is 37.3 Å². The van der Waals surface area contributed by atoms with Crippen molar-refractivity contribution in [3.63, 3.8) is 0 Å². The summed E-state index contributed by atoms with van der Waals surface area (Å²) in [5, 5.41) is 10.3. The van der Waals surface area contributed by atoms with Gasteiger partial charge >= 0.3 is 12.1 Å². The van der Waals surface area contributed by atoms with Gasteiger partial charge in [-0.15, -0.1) is 0 Å². The molecule has 0 radical (unpaired) electrons. The lowest BCUT2D eigenvalue weighted by atomic mass is 10.1. The molecule has 0 aliphatic rings. The third-order valence-electron chi connectivity index (χ3n) is 3.30. The van der Waals surface area contributed by atoms with Crippen LogP contribution in [0.25, 0.3) is 5.76 Å². The Balaban J connectivity index is 2.14. The van der Waals surface area contributed by atoms with Crippen molar-refractivity contribution >= 4 is 24.0 Å². The number of aliphatic hydroxyl groups excluding tert-OH is 1. The van der Waals surface area contributed by atoms with Gasteiger partial charge in [-0.05, 0) is 12.5 Å². The number of ether oxygens (including phenoxy) is 2. The topological polar surface area (TPSA) is 85.2 Å². The fourth-order valence-corrected chi connectivity index (χ4v) is 2.04. The number of carbonyl (C=O) groups is 2. The number of hydrogen-bond donors (Lipinski definition) is 1. The maximum atomic E-state index is 12.1. The minimum Gasteiger partial charge on any atom is -0.506 e. The first-order valence-electron chi connectivity index (χ1n) is 8.02. The highest BCUT2D eigenvalue weighted by molar-refractivity contribution is 6.16. The summed E-state index contributed by atoms with van der Waals surface area (Å²) in [5.74, 6) is -1.11. The lowest BCUT2D eigenvalue weighted by Crippen LogP contribution is -2.12. The van der Waals surface area contributed by atoms with Crippen LogP contribution in [-0.2, 0) is 20.9 Å². The Hall–Kier alpha value is -3.41. The van der Waals surface area contributed by atoms with Gasteiger partial charge in [0, 0.05) is 5.56 Å². The number of carbonyl (C=O) groups excluding carboxylic acids is 2. The summed E-state index contributed by atoms with van der Waals surface area (Å²) in [6.07, 6.45) is 0.0738. The lowest BCUT2D eigenvalue weighted by Gasteiger charge is -2.06. The number of nitrogens with zero attached hydrogens (tertiary/aromatic N) is 1. The largest absolute Gasteiger partial charge is 0.506 e. The number of benzene rings is 2. The van der Waals surface area contributed by atoms with Crippen molar-refractivity contribution < 1.29 is 24.2 Å². The van der Waals surface area contributed by atoms with Gasteiger partial charge in [-0.3, -0.25) is 0 Å². The van der Waals surface area contributed by atoms with E-state index >= 15 is 0 Å². The highest BCUT2D eigenvalue weighted by Crippen LogP contribution is 2.16. The van der Waals surface area contributed by atoms with Gasteiger partial charge < -0.3 is 14.6 Å². The maximum absolute atomic E-state index is 12.1. The third kappa shape index (κ3) is 5.59. The minimum absolute atomic E-state index is 0.0557. The van der Waals surface area contributed by atoms with Crippen molar-refractivity contribution in [1.29, 1.82) is 0 Å². The Morgan fingerprint density at radius 2 is 1.62 bits per heavy atom. The summed E-state index contributed by atoms with van der Waals surface area (Å²) < 4.78 is 9.92. The van der Waals surface area contributed by atoms with Gasteiger partial charge in [-0.1, -0.05) is 60.7 Å². The molecule has 2 aromatic carbocycles. The highest BCUT2D eigenvalue weighted by atomic mass is 16.5. The van der Waals surface area contributed by atoms with E-state index in [1.807, 2.05) is 30.3 Å². The van der Waals surface area contributed by atoms with Crippen molar-refractivity contribution in [3.8, 4) is 0 Å². The molecule has 6 heteroatoms. The molecule has 0 aliphatic heterocycles. The molecule has 0 saturated heterocycles. The molecule has 0 unspecified atom stereocenters. The quantitative estimate of drug-likeness (QED) is 0.368. The zero-order valence-corrected chi connectivity index (χ0v) is 14.3. The first-order chi connectivity index (χ1) is 12.6. The molecule has 1 amide bonds. The summed E-state index contributed by atoms with van der Waals surface area (Å²) in [6.45, 7) is 1.82. The van der Waals surface area contributed by atoms with Crippen LogP contribution in [0.1, 0.15) is 18.1 Å². The van der Waals surface area contributed by atoms with E-state index in [-0.39, 0.29) is 24.5 Å². The van der Waals surface area contributed by atoms with Gasteiger partial charge in [0.15, 0.2) is 0 Å². The van der Waals surface area contributed by atoms with E-state index < -0.39 is 12.1 Å². The minimum atomic E-state index is -0.878. The van der Waals surface area contributed by atoms with Crippen molar-refractivity contribution in [2.45, 2.75) is 13.5 Å². The molecular formula is C20H19NO5. The summed E-state index contributed by atoms with van der Waals surface area (Å²) in [5.41, 5.74) is 0.985. The van der Waals surface area contributed by atoms with Crippen LogP contribution >= 0.6 is 0 Å². The summed E-state index contributed by atoms with van der Waals surface area (Å²) in [4.78, 5) is 27.4. The van der Waals surface area contributed by atoms with E-state index in [4.69, 9.17) is 9.47 Å². The van der Waals surface area contributed by atoms with Crippen LogP contribution in [0.4, 0.5) is 4.79 Å². The van der Waals surface area contributed by atoms with Gasteiger partial charge in [0.05, 0.1) is 12.8 Å². The van der Waals surface area contributed by atoms with E-state index in [9.17, 15) is 14.7 Å². The predicted octanol–water partition coefficient (Wildman–Crippen LogP) is 3.93. The van der Waals surface area contributed by atoms with E-state index in [2.05, 4.69) is 4.99 Å². The van der Waals surface area contributed by atoms with Gasteiger partial charge in [-0.2, -0.15) is 4.99 Å². The Kier molecular flexibility index (Phi) is 7.12. The Morgan fingerprint density at radius 3 is 2.23 bits per heavy atom. The van der Waals surface area contributed by atoms with Crippen LogP contribution in [0.2, 0.25) is 0 Å². The molecule has 0 spiro atoms. The molecule has 0 bridgehead atoms. The molecule has 0 aromatic heterocycles. The van der Waals surface area contributed by atoms with Crippen LogP contribution in [-0.4, -0.2) is 30.0 Å². The SMILES string of the molecule is CCOC(=O)C(/C=N/C(=O)OCc1ccccc1)=C(/O)c1ccccc1. The van der Waals surface area contributed by atoms with Gasteiger partial charge in [0.25, 0.3) is 0 Å². The molecule has 26 heavy (non-hydrogen) atoms. The van der Waals surface area contributed by atoms with E-state index in [0.29, 0.717) is 5.56 Å². The second kappa shape index (κ2) is 9.78. The second-order valence-electron chi connectivity index (χ2n) is 5.15. The zero-order chi connectivity index (χ0) is 18.8. The van der Waals surface area contributed by atoms with Crippen LogP contribution in [0.5, 0.6) is 0 Å². The molecule has 0 fully saturated rings. The normalized spacial score (nSPS) is 11.7. The maximum Gasteiger partial charge on any atom is 0.433 e.